The molecule has 1 atom stereocenters. The molecule has 2 nitrogen and oxygen atoms in total. The number of hydrogen-bond donors (Lipinski definition) is 1. The highest BCUT2D eigenvalue weighted by molar-refractivity contribution is 4.75. The Labute approximate surface area is 68.3 Å². The van der Waals surface area contributed by atoms with Crippen LogP contribution in [-0.4, -0.2) is 25.3 Å². The van der Waals surface area contributed by atoms with E-state index in [0.29, 0.717) is 12.2 Å². The third-order valence-corrected chi connectivity index (χ3v) is 2.69. The van der Waals surface area contributed by atoms with Gasteiger partial charge in [0.15, 0.2) is 0 Å². The van der Waals surface area contributed by atoms with Crippen molar-refractivity contribution in [1.29, 1.82) is 0 Å². The summed E-state index contributed by atoms with van der Waals surface area (Å²) < 4.78 is 5.86. The molecule has 0 amide bonds. The predicted molar refractivity (Wildman–Crippen MR) is 44.6 cm³/mol. The fourth-order valence-corrected chi connectivity index (χ4v) is 1.72. The molecule has 0 aromatic carbocycles. The summed E-state index contributed by atoms with van der Waals surface area (Å²) in [5.74, 6) is 0. The van der Waals surface area contributed by atoms with E-state index in [-0.39, 0.29) is 0 Å². The first-order valence-corrected chi connectivity index (χ1v) is 4.81. The maximum Gasteiger partial charge on any atom is 0.0703 e. The van der Waals surface area contributed by atoms with Gasteiger partial charge in [0.2, 0.25) is 0 Å². The van der Waals surface area contributed by atoms with Crippen LogP contribution in [0.4, 0.5) is 0 Å². The monoisotopic (exact) mass is 155 g/mol. The molecule has 0 spiro atoms. The van der Waals surface area contributed by atoms with E-state index in [1.807, 2.05) is 0 Å². The Hall–Kier alpha value is -0.0800. The fraction of sp³-hybridized carbons (Fsp3) is 1.00. The first kappa shape index (κ1) is 7.56. The van der Waals surface area contributed by atoms with Gasteiger partial charge in [-0.3, -0.25) is 0 Å². The second-order valence-electron chi connectivity index (χ2n) is 3.66. The summed E-state index contributed by atoms with van der Waals surface area (Å²) in [7, 11) is 0. The van der Waals surface area contributed by atoms with Crippen molar-refractivity contribution in [2.45, 2.75) is 44.3 Å². The van der Waals surface area contributed by atoms with Crippen LogP contribution < -0.4 is 5.32 Å². The van der Waals surface area contributed by atoms with E-state index in [4.69, 9.17) is 4.74 Å². The zero-order valence-electron chi connectivity index (χ0n) is 7.01. The van der Waals surface area contributed by atoms with Crippen LogP contribution in [0.5, 0.6) is 0 Å². The van der Waals surface area contributed by atoms with Crippen LogP contribution in [0.15, 0.2) is 0 Å². The lowest BCUT2D eigenvalue weighted by Gasteiger charge is -2.32. The minimum Gasteiger partial charge on any atom is -0.374 e. The van der Waals surface area contributed by atoms with Crippen molar-refractivity contribution < 1.29 is 4.74 Å². The van der Waals surface area contributed by atoms with Gasteiger partial charge in [-0.25, -0.2) is 0 Å². The zero-order valence-corrected chi connectivity index (χ0v) is 7.01. The van der Waals surface area contributed by atoms with Crippen LogP contribution in [0.3, 0.4) is 0 Å². The number of rotatable bonds is 2. The molecule has 64 valence electrons. The highest BCUT2D eigenvalue weighted by Gasteiger charge is 2.23. The minimum atomic E-state index is 0.522. The Bertz CT molecular complexity index is 117. The molecule has 0 aromatic rings. The van der Waals surface area contributed by atoms with Gasteiger partial charge in [-0.2, -0.15) is 0 Å². The van der Waals surface area contributed by atoms with Gasteiger partial charge in [0, 0.05) is 6.54 Å². The molecule has 1 aliphatic carbocycles. The molecule has 0 bridgehead atoms. The Morgan fingerprint density at radius 1 is 1.00 bits per heavy atom. The molecule has 1 saturated heterocycles. The topological polar surface area (TPSA) is 21.3 Å². The van der Waals surface area contributed by atoms with Crippen molar-refractivity contribution in [3.8, 4) is 0 Å². The Morgan fingerprint density at radius 3 is 2.36 bits per heavy atom. The molecule has 11 heavy (non-hydrogen) atoms. The molecule has 1 N–H and O–H groups in total. The SMILES string of the molecule is C1CC(O[C@@H]2CCCNC2)C1. The van der Waals surface area contributed by atoms with Gasteiger partial charge in [-0.15, -0.1) is 0 Å². The number of nitrogens with one attached hydrogen (secondary N) is 1. The van der Waals surface area contributed by atoms with Gasteiger partial charge in [0.05, 0.1) is 12.2 Å². The zero-order chi connectivity index (χ0) is 7.52. The van der Waals surface area contributed by atoms with Crippen molar-refractivity contribution in [2.75, 3.05) is 13.1 Å². The highest BCUT2D eigenvalue weighted by atomic mass is 16.5. The fourth-order valence-electron chi connectivity index (χ4n) is 1.72. The third kappa shape index (κ3) is 1.94. The van der Waals surface area contributed by atoms with Gasteiger partial charge in [0.25, 0.3) is 0 Å². The molecule has 1 heterocycles. The van der Waals surface area contributed by atoms with E-state index in [9.17, 15) is 0 Å². The van der Waals surface area contributed by atoms with E-state index in [1.54, 1.807) is 0 Å². The smallest absolute Gasteiger partial charge is 0.0703 e. The average molecular weight is 155 g/mol. The molecule has 2 heteroatoms. The molecule has 2 rings (SSSR count). The lowest BCUT2D eigenvalue weighted by molar-refractivity contribution is -0.0587. The first-order valence-electron chi connectivity index (χ1n) is 4.81. The van der Waals surface area contributed by atoms with Crippen LogP contribution in [0.1, 0.15) is 32.1 Å². The average Bonchev–Trinajstić information content (AvgIpc) is 1.99. The Kier molecular flexibility index (Phi) is 2.44. The van der Waals surface area contributed by atoms with Gasteiger partial charge in [-0.1, -0.05) is 0 Å². The van der Waals surface area contributed by atoms with Crippen molar-refractivity contribution in [3.63, 3.8) is 0 Å². The summed E-state index contributed by atoms with van der Waals surface area (Å²) in [6, 6.07) is 0. The molecule has 2 fully saturated rings. The van der Waals surface area contributed by atoms with Gasteiger partial charge in [-0.05, 0) is 38.6 Å². The Balaban J connectivity index is 1.67. The molecule has 0 unspecified atom stereocenters. The maximum atomic E-state index is 5.86. The highest BCUT2D eigenvalue weighted by Crippen LogP contribution is 2.24. The van der Waals surface area contributed by atoms with Crippen LogP contribution >= 0.6 is 0 Å². The summed E-state index contributed by atoms with van der Waals surface area (Å²) in [6.45, 7) is 2.26. The normalized spacial score (nSPS) is 33.3. The number of piperidine rings is 1. The molecular formula is C9H17NO. The van der Waals surface area contributed by atoms with Gasteiger partial charge in [0.1, 0.15) is 0 Å². The van der Waals surface area contributed by atoms with Gasteiger partial charge >= 0.3 is 0 Å². The van der Waals surface area contributed by atoms with Crippen LogP contribution in [0, 0.1) is 0 Å². The summed E-state index contributed by atoms with van der Waals surface area (Å²) in [5, 5.41) is 3.36. The molecule has 0 radical (unpaired) electrons. The van der Waals surface area contributed by atoms with Crippen molar-refractivity contribution in [1.82, 2.24) is 5.32 Å². The first-order chi connectivity index (χ1) is 5.45. The molecule has 2 aliphatic rings. The standard InChI is InChI=1S/C9H17NO/c1-3-8(4-1)11-9-5-2-6-10-7-9/h8-10H,1-7H2/t9-/m1/s1. The van der Waals surface area contributed by atoms with Crippen LogP contribution in [0.2, 0.25) is 0 Å². The molecule has 1 saturated carbocycles. The van der Waals surface area contributed by atoms with Crippen molar-refractivity contribution in [3.05, 3.63) is 0 Å². The quantitative estimate of drug-likeness (QED) is 0.649. The van der Waals surface area contributed by atoms with E-state index in [0.717, 1.165) is 6.54 Å². The minimum absolute atomic E-state index is 0.522. The second-order valence-corrected chi connectivity index (χ2v) is 3.66. The van der Waals surface area contributed by atoms with Crippen molar-refractivity contribution >= 4 is 0 Å². The van der Waals surface area contributed by atoms with E-state index >= 15 is 0 Å². The molecule has 1 aliphatic heterocycles. The summed E-state index contributed by atoms with van der Waals surface area (Å²) in [4.78, 5) is 0. The Morgan fingerprint density at radius 2 is 1.82 bits per heavy atom. The maximum absolute atomic E-state index is 5.86. The summed E-state index contributed by atoms with van der Waals surface area (Å²) in [5.41, 5.74) is 0. The summed E-state index contributed by atoms with van der Waals surface area (Å²) in [6.07, 6.45) is 7.67. The largest absolute Gasteiger partial charge is 0.374 e. The van der Waals surface area contributed by atoms with E-state index in [1.165, 1.54) is 38.6 Å². The van der Waals surface area contributed by atoms with Crippen molar-refractivity contribution in [2.24, 2.45) is 0 Å². The number of hydrogen-bond acceptors (Lipinski definition) is 2. The molecular weight excluding hydrogens is 138 g/mol. The van der Waals surface area contributed by atoms with Crippen LogP contribution in [-0.2, 0) is 4.74 Å². The molecule has 0 aromatic heterocycles. The predicted octanol–water partition coefficient (Wildman–Crippen LogP) is 1.31. The lowest BCUT2D eigenvalue weighted by atomic mass is 9.95. The van der Waals surface area contributed by atoms with E-state index in [2.05, 4.69) is 5.32 Å². The lowest BCUT2D eigenvalue weighted by Crippen LogP contribution is -2.39. The van der Waals surface area contributed by atoms with Gasteiger partial charge < -0.3 is 10.1 Å². The van der Waals surface area contributed by atoms with Crippen LogP contribution in [0.25, 0.3) is 0 Å². The number of ether oxygens (including phenoxy) is 1. The summed E-state index contributed by atoms with van der Waals surface area (Å²) >= 11 is 0. The second kappa shape index (κ2) is 3.55. The third-order valence-electron chi connectivity index (χ3n) is 2.69. The van der Waals surface area contributed by atoms with E-state index < -0.39 is 0 Å².